The molecular weight excluding hydrogens is 344 g/mol. The number of Topliss-reactive ketones (excluding diaryl/α,β-unsaturated/α-hetero) is 1. The number of ketones is 1. The van der Waals surface area contributed by atoms with Crippen LogP contribution in [0.15, 0.2) is 48.2 Å². The molecule has 0 amide bonds. The summed E-state index contributed by atoms with van der Waals surface area (Å²) in [4.78, 5) is 24.7. The number of carbonyl (C=O) groups excluding carboxylic acids is 2. The molecule has 0 fully saturated rings. The smallest absolute Gasteiger partial charge is 0.316 e. The van der Waals surface area contributed by atoms with Gasteiger partial charge in [0.1, 0.15) is 17.2 Å². The second-order valence-electron chi connectivity index (χ2n) is 7.21. The van der Waals surface area contributed by atoms with Crippen molar-refractivity contribution in [2.75, 3.05) is 6.61 Å². The van der Waals surface area contributed by atoms with Crippen LogP contribution in [0.4, 0.5) is 0 Å². The van der Waals surface area contributed by atoms with Crippen LogP contribution >= 0.6 is 0 Å². The molecule has 0 bridgehead atoms. The van der Waals surface area contributed by atoms with Gasteiger partial charge in [-0.2, -0.15) is 0 Å². The van der Waals surface area contributed by atoms with Crippen molar-refractivity contribution in [1.29, 1.82) is 0 Å². The van der Waals surface area contributed by atoms with Crippen molar-refractivity contribution >= 4 is 17.8 Å². The molecule has 0 saturated carbocycles. The van der Waals surface area contributed by atoms with Gasteiger partial charge >= 0.3 is 5.97 Å². The largest absolute Gasteiger partial charge is 0.493 e. The molecule has 1 heterocycles. The summed E-state index contributed by atoms with van der Waals surface area (Å²) in [6, 6.07) is 12.2. The molecule has 0 aliphatic carbocycles. The Morgan fingerprint density at radius 3 is 2.59 bits per heavy atom. The number of carbonyl (C=O) groups is 2. The molecule has 0 spiro atoms. The van der Waals surface area contributed by atoms with Crippen LogP contribution in [0, 0.1) is 5.41 Å². The van der Waals surface area contributed by atoms with Crippen LogP contribution in [0.3, 0.4) is 0 Å². The average molecular weight is 366 g/mol. The van der Waals surface area contributed by atoms with Crippen LogP contribution in [0.2, 0.25) is 0 Å². The van der Waals surface area contributed by atoms with Crippen molar-refractivity contribution < 1.29 is 23.8 Å². The van der Waals surface area contributed by atoms with Gasteiger partial charge in [-0.25, -0.2) is 0 Å². The molecule has 0 aromatic heterocycles. The predicted molar refractivity (Wildman–Crippen MR) is 102 cm³/mol. The lowest BCUT2D eigenvalue weighted by atomic mass is 9.97. The standard InChI is InChI=1S/C22H22O5/c1-5-25-17-9-7-6-8-14(17)12-19-20(23)16-11-10-15(13-18(16)27-19)26-21(24)22(2,3)4/h6-13H,5H2,1-4H3. The Labute approximate surface area is 158 Å². The molecule has 0 saturated heterocycles. The van der Waals surface area contributed by atoms with Crippen LogP contribution in [0.25, 0.3) is 6.08 Å². The minimum atomic E-state index is -0.621. The third-order valence-electron chi connectivity index (χ3n) is 3.97. The van der Waals surface area contributed by atoms with Gasteiger partial charge < -0.3 is 14.2 Å². The van der Waals surface area contributed by atoms with E-state index in [1.54, 1.807) is 45.0 Å². The van der Waals surface area contributed by atoms with Gasteiger partial charge in [-0.1, -0.05) is 18.2 Å². The zero-order chi connectivity index (χ0) is 19.6. The van der Waals surface area contributed by atoms with Crippen LogP contribution < -0.4 is 14.2 Å². The lowest BCUT2D eigenvalue weighted by Gasteiger charge is -2.16. The summed E-state index contributed by atoms with van der Waals surface area (Å²) in [5.74, 6) is 1.03. The van der Waals surface area contributed by atoms with E-state index in [0.29, 0.717) is 29.4 Å². The number of esters is 1. The van der Waals surface area contributed by atoms with Gasteiger partial charge in [-0.05, 0) is 52.0 Å². The SMILES string of the molecule is CCOc1ccccc1C=C1Oc2cc(OC(=O)C(C)(C)C)ccc2C1=O. The lowest BCUT2D eigenvalue weighted by molar-refractivity contribution is -0.143. The Bertz CT molecular complexity index is 919. The van der Waals surface area contributed by atoms with Crippen molar-refractivity contribution in [3.8, 4) is 17.2 Å². The number of hydrogen-bond donors (Lipinski definition) is 0. The molecule has 0 N–H and O–H groups in total. The number of rotatable bonds is 4. The monoisotopic (exact) mass is 366 g/mol. The van der Waals surface area contributed by atoms with Gasteiger partial charge in [-0.15, -0.1) is 0 Å². The topological polar surface area (TPSA) is 61.8 Å². The van der Waals surface area contributed by atoms with E-state index >= 15 is 0 Å². The van der Waals surface area contributed by atoms with Crippen LogP contribution in [0.1, 0.15) is 43.6 Å². The van der Waals surface area contributed by atoms with Gasteiger partial charge in [0, 0.05) is 11.6 Å². The highest BCUT2D eigenvalue weighted by atomic mass is 16.5. The number of fused-ring (bicyclic) bond motifs is 1. The maximum absolute atomic E-state index is 12.6. The van der Waals surface area contributed by atoms with Crippen LogP contribution in [-0.2, 0) is 4.79 Å². The molecule has 1 aliphatic rings. The summed E-state index contributed by atoms with van der Waals surface area (Å²) >= 11 is 0. The molecule has 3 rings (SSSR count). The summed E-state index contributed by atoms with van der Waals surface area (Å²) in [7, 11) is 0. The lowest BCUT2D eigenvalue weighted by Crippen LogP contribution is -2.25. The first-order valence-corrected chi connectivity index (χ1v) is 8.82. The second-order valence-corrected chi connectivity index (χ2v) is 7.21. The predicted octanol–water partition coefficient (Wildman–Crippen LogP) is 4.65. The first kappa shape index (κ1) is 18.7. The fourth-order valence-electron chi connectivity index (χ4n) is 2.52. The molecule has 5 nitrogen and oxygen atoms in total. The highest BCUT2D eigenvalue weighted by Gasteiger charge is 2.29. The van der Waals surface area contributed by atoms with Crippen molar-refractivity contribution in [3.05, 3.63) is 59.4 Å². The Morgan fingerprint density at radius 2 is 1.89 bits per heavy atom. The summed E-state index contributed by atoms with van der Waals surface area (Å²) < 4.78 is 16.7. The number of hydrogen-bond acceptors (Lipinski definition) is 5. The Kier molecular flexibility index (Phi) is 5.04. The fraction of sp³-hybridized carbons (Fsp3) is 0.273. The quantitative estimate of drug-likeness (QED) is 0.448. The molecular formula is C22H22O5. The maximum Gasteiger partial charge on any atom is 0.316 e. The minimum Gasteiger partial charge on any atom is -0.493 e. The minimum absolute atomic E-state index is 0.205. The third-order valence-corrected chi connectivity index (χ3v) is 3.97. The summed E-state index contributed by atoms with van der Waals surface area (Å²) in [5.41, 5.74) is 0.574. The van der Waals surface area contributed by atoms with E-state index in [0.717, 1.165) is 5.56 Å². The molecule has 1 aliphatic heterocycles. The number of para-hydroxylation sites is 1. The maximum atomic E-state index is 12.6. The normalized spacial score (nSPS) is 14.7. The fourth-order valence-corrected chi connectivity index (χ4v) is 2.52. The molecule has 5 heteroatoms. The van der Waals surface area contributed by atoms with E-state index in [1.165, 1.54) is 0 Å². The molecule has 0 unspecified atom stereocenters. The number of allylic oxidation sites excluding steroid dienone is 1. The van der Waals surface area contributed by atoms with Gasteiger partial charge in [-0.3, -0.25) is 9.59 Å². The third kappa shape index (κ3) is 4.03. The van der Waals surface area contributed by atoms with Crippen LogP contribution in [-0.4, -0.2) is 18.4 Å². The Hall–Kier alpha value is -3.08. The van der Waals surface area contributed by atoms with Gasteiger partial charge in [0.05, 0.1) is 17.6 Å². The Morgan fingerprint density at radius 1 is 1.15 bits per heavy atom. The van der Waals surface area contributed by atoms with E-state index in [-0.39, 0.29) is 17.5 Å². The van der Waals surface area contributed by atoms with Gasteiger partial charge in [0.15, 0.2) is 5.76 Å². The molecule has 2 aromatic carbocycles. The van der Waals surface area contributed by atoms with E-state index in [9.17, 15) is 9.59 Å². The number of ether oxygens (including phenoxy) is 3. The molecule has 0 radical (unpaired) electrons. The zero-order valence-electron chi connectivity index (χ0n) is 15.9. The van der Waals surface area contributed by atoms with E-state index in [2.05, 4.69) is 0 Å². The molecule has 0 atom stereocenters. The summed E-state index contributed by atoms with van der Waals surface area (Å²) in [5, 5.41) is 0. The van der Waals surface area contributed by atoms with E-state index < -0.39 is 5.41 Å². The molecule has 27 heavy (non-hydrogen) atoms. The van der Waals surface area contributed by atoms with Crippen molar-refractivity contribution in [2.45, 2.75) is 27.7 Å². The van der Waals surface area contributed by atoms with Gasteiger partial charge in [0.25, 0.3) is 0 Å². The van der Waals surface area contributed by atoms with Crippen molar-refractivity contribution in [3.63, 3.8) is 0 Å². The van der Waals surface area contributed by atoms with Crippen LogP contribution in [0.5, 0.6) is 17.2 Å². The average Bonchev–Trinajstić information content (AvgIpc) is 2.91. The highest BCUT2D eigenvalue weighted by Crippen LogP contribution is 2.36. The first-order chi connectivity index (χ1) is 12.8. The second kappa shape index (κ2) is 7.27. The first-order valence-electron chi connectivity index (χ1n) is 8.82. The van der Waals surface area contributed by atoms with Gasteiger partial charge in [0.2, 0.25) is 5.78 Å². The Balaban J connectivity index is 1.86. The zero-order valence-corrected chi connectivity index (χ0v) is 15.9. The highest BCUT2D eigenvalue weighted by molar-refractivity contribution is 6.14. The van der Waals surface area contributed by atoms with E-state index in [1.807, 2.05) is 31.2 Å². The number of benzene rings is 2. The molecule has 140 valence electrons. The summed E-state index contributed by atoms with van der Waals surface area (Å²) in [6.07, 6.45) is 1.66. The van der Waals surface area contributed by atoms with Crippen molar-refractivity contribution in [2.24, 2.45) is 5.41 Å². The van der Waals surface area contributed by atoms with Crippen molar-refractivity contribution in [1.82, 2.24) is 0 Å². The summed E-state index contributed by atoms with van der Waals surface area (Å²) in [6.45, 7) is 7.76. The molecule has 2 aromatic rings. The van der Waals surface area contributed by atoms with E-state index in [4.69, 9.17) is 14.2 Å².